The zero-order valence-corrected chi connectivity index (χ0v) is 17.1. The minimum Gasteiger partial charge on any atom is -0.462 e. The van der Waals surface area contributed by atoms with Gasteiger partial charge in [0.05, 0.1) is 30.4 Å². The summed E-state index contributed by atoms with van der Waals surface area (Å²) in [5.41, 5.74) is 3.78. The van der Waals surface area contributed by atoms with E-state index in [1.54, 1.807) is 26.0 Å². The van der Waals surface area contributed by atoms with Gasteiger partial charge in [0.25, 0.3) is 0 Å². The molecule has 0 fully saturated rings. The molecule has 6 nitrogen and oxygen atoms in total. The van der Waals surface area contributed by atoms with Gasteiger partial charge in [-0.1, -0.05) is 11.6 Å². The van der Waals surface area contributed by atoms with Gasteiger partial charge in [-0.25, -0.2) is 9.59 Å². The molecule has 0 radical (unpaired) electrons. The van der Waals surface area contributed by atoms with Crippen molar-refractivity contribution in [3.05, 3.63) is 70.9 Å². The number of nitrogens with zero attached hydrogens (tertiary/aromatic N) is 2. The molecule has 1 aromatic heterocycles. The molecule has 0 bridgehead atoms. The van der Waals surface area contributed by atoms with Crippen molar-refractivity contribution in [2.45, 2.75) is 20.8 Å². The Kier molecular flexibility index (Phi) is 6.33. The van der Waals surface area contributed by atoms with Crippen LogP contribution in [0.1, 0.15) is 30.7 Å². The number of ether oxygens (including phenoxy) is 2. The Hall–Kier alpha value is -3.85. The highest BCUT2D eigenvalue weighted by Crippen LogP contribution is 2.27. The van der Waals surface area contributed by atoms with E-state index in [-0.39, 0.29) is 18.8 Å². The van der Waals surface area contributed by atoms with Crippen LogP contribution in [-0.2, 0) is 19.1 Å². The predicted molar refractivity (Wildman–Crippen MR) is 114 cm³/mol. The van der Waals surface area contributed by atoms with Crippen LogP contribution in [0.5, 0.6) is 0 Å². The van der Waals surface area contributed by atoms with Crippen molar-refractivity contribution in [1.82, 2.24) is 4.57 Å². The summed E-state index contributed by atoms with van der Waals surface area (Å²) < 4.78 is 12.0. The van der Waals surface area contributed by atoms with Crippen LogP contribution in [-0.4, -0.2) is 29.7 Å². The van der Waals surface area contributed by atoms with Gasteiger partial charge in [-0.15, -0.1) is 0 Å². The van der Waals surface area contributed by atoms with E-state index in [0.717, 1.165) is 22.2 Å². The molecule has 6 heteroatoms. The highest BCUT2D eigenvalue weighted by molar-refractivity contribution is 6.17. The van der Waals surface area contributed by atoms with E-state index >= 15 is 0 Å². The summed E-state index contributed by atoms with van der Waals surface area (Å²) in [6.45, 7) is 5.64. The summed E-state index contributed by atoms with van der Waals surface area (Å²) in [6.07, 6.45) is 1.49. The van der Waals surface area contributed by atoms with Crippen LogP contribution >= 0.6 is 0 Å². The molecule has 0 atom stereocenters. The summed E-state index contributed by atoms with van der Waals surface area (Å²) in [5, 5.41) is 10.0. The molecule has 0 unspecified atom stereocenters. The maximum atomic E-state index is 12.4. The Bertz CT molecular complexity index is 1140. The number of aromatic nitrogens is 1. The predicted octanol–water partition coefficient (Wildman–Crippen LogP) is 4.32. The van der Waals surface area contributed by atoms with Crippen molar-refractivity contribution in [1.29, 1.82) is 5.26 Å². The molecule has 0 aliphatic carbocycles. The highest BCUT2D eigenvalue weighted by atomic mass is 16.6. The molecular weight excluding hydrogens is 380 g/mol. The lowest BCUT2D eigenvalue weighted by atomic mass is 10.1. The number of rotatable bonds is 6. The SMILES string of the molecule is CCOC(=O)C(=Cc1cc2cc(C)ccc2n1-c1ccc(C#N)cc1)C(=O)OCC. The molecule has 0 saturated carbocycles. The molecule has 30 heavy (non-hydrogen) atoms. The smallest absolute Gasteiger partial charge is 0.345 e. The van der Waals surface area contributed by atoms with E-state index in [2.05, 4.69) is 6.07 Å². The third-order valence-electron chi connectivity index (χ3n) is 4.52. The summed E-state index contributed by atoms with van der Waals surface area (Å²) in [6, 6.07) is 17.1. The van der Waals surface area contributed by atoms with E-state index in [4.69, 9.17) is 14.7 Å². The topological polar surface area (TPSA) is 81.3 Å². The van der Waals surface area contributed by atoms with Crippen molar-refractivity contribution in [2.75, 3.05) is 13.2 Å². The summed E-state index contributed by atoms with van der Waals surface area (Å²) in [4.78, 5) is 24.9. The summed E-state index contributed by atoms with van der Waals surface area (Å²) in [7, 11) is 0. The number of carbonyl (C=O) groups excluding carboxylic acids is 2. The summed E-state index contributed by atoms with van der Waals surface area (Å²) >= 11 is 0. The second-order valence-electron chi connectivity index (χ2n) is 6.62. The third kappa shape index (κ3) is 4.26. The van der Waals surface area contributed by atoms with Crippen molar-refractivity contribution in [2.24, 2.45) is 0 Å². The molecule has 3 rings (SSSR count). The van der Waals surface area contributed by atoms with Crippen molar-refractivity contribution in [3.63, 3.8) is 0 Å². The van der Waals surface area contributed by atoms with E-state index in [9.17, 15) is 9.59 Å². The van der Waals surface area contributed by atoms with Crippen molar-refractivity contribution < 1.29 is 19.1 Å². The van der Waals surface area contributed by atoms with Crippen LogP contribution in [0.4, 0.5) is 0 Å². The molecule has 0 aliphatic rings. The zero-order chi connectivity index (χ0) is 21.7. The number of fused-ring (bicyclic) bond motifs is 1. The first-order valence-electron chi connectivity index (χ1n) is 9.67. The average molecular weight is 402 g/mol. The second-order valence-corrected chi connectivity index (χ2v) is 6.62. The Morgan fingerprint density at radius 1 is 1.00 bits per heavy atom. The van der Waals surface area contributed by atoms with Gasteiger partial charge in [0.1, 0.15) is 5.57 Å². The number of carbonyl (C=O) groups is 2. The molecule has 0 saturated heterocycles. The molecule has 0 aliphatic heterocycles. The Morgan fingerprint density at radius 3 is 2.20 bits per heavy atom. The first-order chi connectivity index (χ1) is 14.5. The lowest BCUT2D eigenvalue weighted by molar-refractivity contribution is -0.146. The molecule has 3 aromatic rings. The lowest BCUT2D eigenvalue weighted by Gasteiger charge is -2.11. The van der Waals surface area contributed by atoms with E-state index in [1.165, 1.54) is 6.08 Å². The fourth-order valence-electron chi connectivity index (χ4n) is 3.20. The van der Waals surface area contributed by atoms with Crippen LogP contribution in [0.25, 0.3) is 22.7 Å². The van der Waals surface area contributed by atoms with Crippen LogP contribution in [0.15, 0.2) is 54.1 Å². The van der Waals surface area contributed by atoms with Crippen molar-refractivity contribution >= 4 is 28.9 Å². The van der Waals surface area contributed by atoms with Crippen LogP contribution < -0.4 is 0 Å². The number of hydrogen-bond acceptors (Lipinski definition) is 5. The Labute approximate surface area is 174 Å². The molecule has 2 aromatic carbocycles. The zero-order valence-electron chi connectivity index (χ0n) is 17.1. The van der Waals surface area contributed by atoms with Gasteiger partial charge in [0, 0.05) is 16.8 Å². The first kappa shape index (κ1) is 20.9. The first-order valence-corrected chi connectivity index (χ1v) is 9.67. The van der Waals surface area contributed by atoms with Gasteiger partial charge in [0.2, 0.25) is 0 Å². The molecular formula is C24H22N2O4. The molecule has 152 valence electrons. The van der Waals surface area contributed by atoms with Crippen molar-refractivity contribution in [3.8, 4) is 11.8 Å². The molecule has 0 spiro atoms. The van der Waals surface area contributed by atoms with E-state index in [0.29, 0.717) is 11.3 Å². The maximum Gasteiger partial charge on any atom is 0.345 e. The number of nitriles is 1. The number of esters is 2. The van der Waals surface area contributed by atoms with E-state index < -0.39 is 11.9 Å². The van der Waals surface area contributed by atoms with Gasteiger partial charge in [-0.05, 0) is 69.3 Å². The maximum absolute atomic E-state index is 12.4. The minimum absolute atomic E-state index is 0.146. The molecule has 1 heterocycles. The van der Waals surface area contributed by atoms with Gasteiger partial charge < -0.3 is 14.0 Å². The van der Waals surface area contributed by atoms with Gasteiger partial charge in [-0.2, -0.15) is 5.26 Å². The number of aryl methyl sites for hydroxylation is 1. The Balaban J connectivity index is 2.24. The minimum atomic E-state index is -0.733. The average Bonchev–Trinajstić information content (AvgIpc) is 3.09. The largest absolute Gasteiger partial charge is 0.462 e. The summed E-state index contributed by atoms with van der Waals surface area (Å²) in [5.74, 6) is -1.47. The fourth-order valence-corrected chi connectivity index (χ4v) is 3.20. The standard InChI is InChI=1S/C24H22N2O4/c1-4-29-23(27)21(24(28)30-5-2)14-20-13-18-12-16(3)6-11-22(18)26(20)19-9-7-17(15-25)8-10-19/h6-14H,4-5H2,1-3H3. The van der Waals surface area contributed by atoms with Crippen LogP contribution in [0.2, 0.25) is 0 Å². The van der Waals surface area contributed by atoms with E-state index in [1.807, 2.05) is 47.9 Å². The number of hydrogen-bond donors (Lipinski definition) is 0. The monoisotopic (exact) mass is 402 g/mol. The van der Waals surface area contributed by atoms with Crippen LogP contribution in [0.3, 0.4) is 0 Å². The fraction of sp³-hybridized carbons (Fsp3) is 0.208. The third-order valence-corrected chi connectivity index (χ3v) is 4.52. The number of benzene rings is 2. The Morgan fingerprint density at radius 2 is 1.63 bits per heavy atom. The second kappa shape index (κ2) is 9.10. The van der Waals surface area contributed by atoms with Gasteiger partial charge >= 0.3 is 11.9 Å². The molecule has 0 amide bonds. The van der Waals surface area contributed by atoms with Gasteiger partial charge in [0.15, 0.2) is 0 Å². The molecule has 0 N–H and O–H groups in total. The normalized spacial score (nSPS) is 10.3. The highest BCUT2D eigenvalue weighted by Gasteiger charge is 2.22. The van der Waals surface area contributed by atoms with Gasteiger partial charge in [-0.3, -0.25) is 0 Å². The lowest BCUT2D eigenvalue weighted by Crippen LogP contribution is -2.18. The van der Waals surface area contributed by atoms with Crippen LogP contribution in [0, 0.1) is 18.3 Å². The quantitative estimate of drug-likeness (QED) is 0.265.